The van der Waals surface area contributed by atoms with Crippen molar-refractivity contribution in [2.24, 2.45) is 0 Å². The van der Waals surface area contributed by atoms with Gasteiger partial charge >= 0.3 is 5.69 Å². The molecule has 0 aliphatic heterocycles. The summed E-state index contributed by atoms with van der Waals surface area (Å²) in [5, 5.41) is 18.2. The van der Waals surface area contributed by atoms with Gasteiger partial charge in [0.1, 0.15) is 5.82 Å². The maximum absolute atomic E-state index is 13.7. The Hall–Kier alpha value is -1.90. The van der Waals surface area contributed by atoms with E-state index in [0.717, 1.165) is 4.68 Å². The predicted molar refractivity (Wildman–Crippen MR) is 65.3 cm³/mol. The van der Waals surface area contributed by atoms with Crippen molar-refractivity contribution in [2.75, 3.05) is 0 Å². The number of hydrogen-bond acceptors (Lipinski definition) is 4. The first kappa shape index (κ1) is 13.5. The Balaban J connectivity index is 2.63. The monoisotopic (exact) mass is 332 g/mol. The van der Waals surface area contributed by atoms with Gasteiger partial charge in [-0.25, -0.2) is 13.5 Å². The number of alkyl halides is 1. The summed E-state index contributed by atoms with van der Waals surface area (Å²) in [6, 6.07) is 1.19. The zero-order valence-corrected chi connectivity index (χ0v) is 11.1. The van der Waals surface area contributed by atoms with Crippen LogP contribution >= 0.6 is 15.9 Å². The molecular formula is C10H7BrF2N4O2. The molecule has 1 atom stereocenters. The number of benzene rings is 1. The van der Waals surface area contributed by atoms with Gasteiger partial charge in [-0.05, 0) is 6.92 Å². The van der Waals surface area contributed by atoms with Gasteiger partial charge in [0.25, 0.3) is 0 Å². The highest BCUT2D eigenvalue weighted by Gasteiger charge is 2.23. The van der Waals surface area contributed by atoms with E-state index in [1.807, 2.05) is 0 Å². The van der Waals surface area contributed by atoms with Gasteiger partial charge < -0.3 is 0 Å². The lowest BCUT2D eigenvalue weighted by molar-refractivity contribution is -0.385. The maximum atomic E-state index is 13.7. The van der Waals surface area contributed by atoms with Crippen molar-refractivity contribution in [3.63, 3.8) is 0 Å². The number of nitro groups is 1. The average Bonchev–Trinajstić information content (AvgIpc) is 2.76. The zero-order valence-electron chi connectivity index (χ0n) is 9.55. The van der Waals surface area contributed by atoms with Gasteiger partial charge in [-0.3, -0.25) is 10.1 Å². The molecule has 1 aromatic carbocycles. The Kier molecular flexibility index (Phi) is 3.56. The summed E-state index contributed by atoms with van der Waals surface area (Å²) in [7, 11) is 0. The topological polar surface area (TPSA) is 73.8 Å². The quantitative estimate of drug-likeness (QED) is 0.492. The minimum Gasteiger partial charge on any atom is -0.258 e. The molecular weight excluding hydrogens is 326 g/mol. The highest BCUT2D eigenvalue weighted by atomic mass is 79.9. The van der Waals surface area contributed by atoms with Gasteiger partial charge in [0, 0.05) is 6.07 Å². The van der Waals surface area contributed by atoms with E-state index in [9.17, 15) is 18.9 Å². The van der Waals surface area contributed by atoms with Crippen molar-refractivity contribution in [3.05, 3.63) is 45.8 Å². The van der Waals surface area contributed by atoms with Crippen LogP contribution in [0.25, 0.3) is 5.69 Å². The van der Waals surface area contributed by atoms with Crippen molar-refractivity contribution in [1.29, 1.82) is 0 Å². The van der Waals surface area contributed by atoms with Crippen LogP contribution in [-0.2, 0) is 0 Å². The first-order valence-corrected chi connectivity index (χ1v) is 6.02. The lowest BCUT2D eigenvalue weighted by Crippen LogP contribution is -2.05. The van der Waals surface area contributed by atoms with E-state index >= 15 is 0 Å². The van der Waals surface area contributed by atoms with Crippen LogP contribution in [0.3, 0.4) is 0 Å². The second-order valence-corrected chi connectivity index (χ2v) is 5.09. The van der Waals surface area contributed by atoms with E-state index in [0.29, 0.717) is 17.8 Å². The van der Waals surface area contributed by atoms with Crippen LogP contribution in [0.4, 0.5) is 14.5 Å². The van der Waals surface area contributed by atoms with Crippen LogP contribution in [0, 0.1) is 21.7 Å². The molecule has 0 amide bonds. The van der Waals surface area contributed by atoms with Gasteiger partial charge in [-0.2, -0.15) is 0 Å². The number of hydrogen-bond donors (Lipinski definition) is 0. The molecule has 0 radical (unpaired) electrons. The van der Waals surface area contributed by atoms with E-state index in [1.165, 1.54) is 6.20 Å². The van der Waals surface area contributed by atoms with E-state index in [-0.39, 0.29) is 4.83 Å². The molecule has 0 aliphatic rings. The molecule has 0 N–H and O–H groups in total. The number of nitrogens with zero attached hydrogens (tertiary/aromatic N) is 4. The summed E-state index contributed by atoms with van der Waals surface area (Å²) in [5.41, 5.74) is -0.688. The molecule has 1 heterocycles. The van der Waals surface area contributed by atoms with Gasteiger partial charge in [-0.1, -0.05) is 21.1 Å². The van der Waals surface area contributed by atoms with E-state index < -0.39 is 27.9 Å². The smallest absolute Gasteiger partial charge is 0.258 e. The van der Waals surface area contributed by atoms with Crippen molar-refractivity contribution >= 4 is 21.6 Å². The third-order valence-corrected chi connectivity index (χ3v) is 2.82. The molecule has 2 aromatic rings. The van der Waals surface area contributed by atoms with Crippen molar-refractivity contribution < 1.29 is 13.7 Å². The Bertz CT molecular complexity index is 644. The fraction of sp³-hybridized carbons (Fsp3) is 0.200. The molecule has 0 bridgehead atoms. The largest absolute Gasteiger partial charge is 0.300 e. The first-order chi connectivity index (χ1) is 8.90. The maximum Gasteiger partial charge on any atom is 0.300 e. The van der Waals surface area contributed by atoms with Gasteiger partial charge in [0.2, 0.25) is 0 Å². The van der Waals surface area contributed by atoms with Crippen LogP contribution < -0.4 is 0 Å². The number of rotatable bonds is 3. The summed E-state index contributed by atoms with van der Waals surface area (Å²) < 4.78 is 27.7. The second-order valence-electron chi connectivity index (χ2n) is 3.72. The fourth-order valence-corrected chi connectivity index (χ4v) is 1.70. The van der Waals surface area contributed by atoms with Crippen molar-refractivity contribution in [1.82, 2.24) is 15.0 Å². The lowest BCUT2D eigenvalue weighted by Gasteiger charge is -2.03. The summed E-state index contributed by atoms with van der Waals surface area (Å²) in [6.07, 6.45) is 1.34. The standard InChI is InChI=1S/C10H7BrF2N4O2/c1-5(11)8-4-16(15-14-8)10-7(13)2-6(12)3-9(10)17(18)19/h2-5H,1H3. The van der Waals surface area contributed by atoms with Crippen LogP contribution in [0.5, 0.6) is 0 Å². The Morgan fingerprint density at radius 2 is 2.16 bits per heavy atom. The molecule has 6 nitrogen and oxygen atoms in total. The summed E-state index contributed by atoms with van der Waals surface area (Å²) in [5.74, 6) is -2.10. The molecule has 0 aliphatic carbocycles. The predicted octanol–water partition coefficient (Wildman–Crippen LogP) is 2.91. The summed E-state index contributed by atoms with van der Waals surface area (Å²) in [6.45, 7) is 1.77. The Morgan fingerprint density at radius 1 is 1.47 bits per heavy atom. The summed E-state index contributed by atoms with van der Waals surface area (Å²) in [4.78, 5) is 9.82. The van der Waals surface area contributed by atoms with Crippen molar-refractivity contribution in [2.45, 2.75) is 11.8 Å². The van der Waals surface area contributed by atoms with Crippen LogP contribution in [0.1, 0.15) is 17.4 Å². The van der Waals surface area contributed by atoms with Crippen LogP contribution in [0.2, 0.25) is 0 Å². The molecule has 0 fully saturated rings. The van der Waals surface area contributed by atoms with Crippen LogP contribution in [-0.4, -0.2) is 19.9 Å². The summed E-state index contributed by atoms with van der Waals surface area (Å²) >= 11 is 3.24. The first-order valence-electron chi connectivity index (χ1n) is 5.10. The number of halogens is 3. The highest BCUT2D eigenvalue weighted by Crippen LogP contribution is 2.28. The van der Waals surface area contributed by atoms with E-state index in [2.05, 4.69) is 26.2 Å². The second kappa shape index (κ2) is 5.00. The highest BCUT2D eigenvalue weighted by molar-refractivity contribution is 9.09. The third-order valence-electron chi connectivity index (χ3n) is 2.35. The molecule has 1 unspecified atom stereocenters. The molecule has 100 valence electrons. The van der Waals surface area contributed by atoms with Gasteiger partial charge in [0.05, 0.1) is 27.7 Å². The molecule has 2 rings (SSSR count). The third kappa shape index (κ3) is 2.60. The van der Waals surface area contributed by atoms with Crippen LogP contribution in [0.15, 0.2) is 18.3 Å². The van der Waals surface area contributed by atoms with Gasteiger partial charge in [-0.15, -0.1) is 5.10 Å². The fourth-order valence-electron chi connectivity index (χ4n) is 1.49. The molecule has 0 saturated heterocycles. The molecule has 0 saturated carbocycles. The average molecular weight is 333 g/mol. The number of aromatic nitrogens is 3. The normalized spacial score (nSPS) is 12.4. The Labute approximate surface area is 114 Å². The van der Waals surface area contributed by atoms with E-state index in [1.54, 1.807) is 6.92 Å². The Morgan fingerprint density at radius 3 is 2.68 bits per heavy atom. The van der Waals surface area contributed by atoms with E-state index in [4.69, 9.17) is 0 Å². The minimum atomic E-state index is -1.08. The van der Waals surface area contributed by atoms with Gasteiger partial charge in [0.15, 0.2) is 11.5 Å². The molecule has 0 spiro atoms. The minimum absolute atomic E-state index is 0.149. The van der Waals surface area contributed by atoms with Crippen molar-refractivity contribution in [3.8, 4) is 5.69 Å². The molecule has 9 heteroatoms. The lowest BCUT2D eigenvalue weighted by atomic mass is 10.2. The molecule has 19 heavy (non-hydrogen) atoms. The molecule has 1 aromatic heterocycles. The zero-order chi connectivity index (χ0) is 14.2. The SMILES string of the molecule is CC(Br)c1cn(-c2c(F)cc(F)cc2[N+](=O)[O-])nn1. The number of nitro benzene ring substituents is 1.